The number of thiol groups is 1. The van der Waals surface area contributed by atoms with Crippen LogP contribution >= 0.6 is 12.6 Å². The first-order valence-corrected chi connectivity index (χ1v) is 11.5. The number of carbonyl (C=O) groups is 2. The summed E-state index contributed by atoms with van der Waals surface area (Å²) in [5.74, 6) is -0.622. The monoisotopic (exact) mass is 478 g/mol. The summed E-state index contributed by atoms with van der Waals surface area (Å²) in [6.45, 7) is 6.98. The predicted octanol–water partition coefficient (Wildman–Crippen LogP) is 1.10. The Hall–Kier alpha value is -2.62. The molecule has 0 spiro atoms. The van der Waals surface area contributed by atoms with E-state index in [1.54, 1.807) is 23.9 Å². The van der Waals surface area contributed by atoms with Gasteiger partial charge in [-0.3, -0.25) is 4.79 Å². The highest BCUT2D eigenvalue weighted by molar-refractivity contribution is 7.80. The van der Waals surface area contributed by atoms with E-state index in [9.17, 15) is 9.59 Å². The number of hydrogen-bond acceptors (Lipinski definition) is 7. The number of hydrogen-bond donors (Lipinski definition) is 4. The van der Waals surface area contributed by atoms with Crippen LogP contribution in [0.3, 0.4) is 0 Å². The molecule has 0 aromatic carbocycles. The number of nitrogens with zero attached hydrogens (tertiary/aromatic N) is 2. The normalized spacial score (nSPS) is 13.2. The van der Waals surface area contributed by atoms with E-state index in [2.05, 4.69) is 17.9 Å². The number of aliphatic hydroxyl groups excluding tert-OH is 2. The number of nitrogens with one attached hydrogen (secondary N) is 1. The molecule has 1 heterocycles. The third-order valence-corrected chi connectivity index (χ3v) is 5.06. The number of ether oxygens (including phenoxy) is 1. The fraction of sp³-hybridized carbons (Fsp3) is 0.458. The van der Waals surface area contributed by atoms with Gasteiger partial charge in [-0.1, -0.05) is 23.8 Å². The summed E-state index contributed by atoms with van der Waals surface area (Å²) in [6, 6.07) is 3.02. The Balaban J connectivity index is 2.68. The smallest absolute Gasteiger partial charge is 0.329 e. The first kappa shape index (κ1) is 28.4. The number of amides is 1. The molecule has 0 aliphatic heterocycles. The molecular formula is C24H36N3O5S+. The van der Waals surface area contributed by atoms with Crippen molar-refractivity contribution in [1.82, 2.24) is 10.2 Å². The van der Waals surface area contributed by atoms with Gasteiger partial charge in [0.05, 0.1) is 19.8 Å². The Morgan fingerprint density at radius 1 is 1.18 bits per heavy atom. The maximum Gasteiger partial charge on any atom is 0.329 e. The Morgan fingerprint density at radius 2 is 1.82 bits per heavy atom. The van der Waals surface area contributed by atoms with Crippen molar-refractivity contribution in [2.24, 2.45) is 0 Å². The number of esters is 1. The maximum atomic E-state index is 12.2. The highest BCUT2D eigenvalue weighted by Gasteiger charge is 2.22. The van der Waals surface area contributed by atoms with Crippen molar-refractivity contribution in [2.45, 2.75) is 33.4 Å². The van der Waals surface area contributed by atoms with Crippen LogP contribution in [0.15, 0.2) is 54.0 Å². The zero-order chi connectivity index (χ0) is 24.6. The van der Waals surface area contributed by atoms with Crippen molar-refractivity contribution in [3.63, 3.8) is 0 Å². The molecule has 33 heavy (non-hydrogen) atoms. The lowest BCUT2D eigenvalue weighted by Crippen LogP contribution is -2.49. The molecule has 0 aliphatic rings. The average molecular weight is 479 g/mol. The quantitative estimate of drug-likeness (QED) is 0.138. The highest BCUT2D eigenvalue weighted by Crippen LogP contribution is 2.07. The van der Waals surface area contributed by atoms with Crippen molar-refractivity contribution in [2.75, 3.05) is 38.7 Å². The number of pyridine rings is 1. The lowest BCUT2D eigenvalue weighted by molar-refractivity contribution is -0.684. The summed E-state index contributed by atoms with van der Waals surface area (Å²) in [4.78, 5) is 25.9. The molecule has 0 aliphatic carbocycles. The molecule has 1 aromatic heterocycles. The summed E-state index contributed by atoms with van der Waals surface area (Å²) in [5, 5.41) is 20.9. The molecule has 0 bridgehead atoms. The maximum absolute atomic E-state index is 12.2. The minimum atomic E-state index is -0.768. The number of allylic oxidation sites excluding steroid dienone is 5. The zero-order valence-electron chi connectivity index (χ0n) is 19.6. The zero-order valence-corrected chi connectivity index (χ0v) is 20.5. The van der Waals surface area contributed by atoms with Gasteiger partial charge < -0.3 is 25.2 Å². The summed E-state index contributed by atoms with van der Waals surface area (Å²) < 4.78 is 6.65. The molecular weight excluding hydrogens is 442 g/mol. The van der Waals surface area contributed by atoms with Gasteiger partial charge >= 0.3 is 5.97 Å². The van der Waals surface area contributed by atoms with Crippen LogP contribution in [0, 0.1) is 0 Å². The van der Waals surface area contributed by atoms with Crippen molar-refractivity contribution in [3.05, 3.63) is 59.6 Å². The van der Waals surface area contributed by atoms with Crippen LogP contribution in [0.25, 0.3) is 6.08 Å². The van der Waals surface area contributed by atoms with Crippen molar-refractivity contribution in [1.29, 1.82) is 0 Å². The summed E-state index contributed by atoms with van der Waals surface area (Å²) in [7, 11) is 0. The fourth-order valence-electron chi connectivity index (χ4n) is 2.86. The second kappa shape index (κ2) is 16.1. The molecule has 1 rings (SSSR count). The predicted molar refractivity (Wildman–Crippen MR) is 131 cm³/mol. The summed E-state index contributed by atoms with van der Waals surface area (Å²) in [6.07, 6.45) is 11.5. The highest BCUT2D eigenvalue weighted by atomic mass is 32.1. The summed E-state index contributed by atoms with van der Waals surface area (Å²) >= 11 is 4.10. The standard InChI is InChI=1S/C24H35N3O5S/c1-4-32-24(31)22(18-33)25-23(30)17-26-11-9-21(10-12-26)8-6-19(2)5-7-20(3)27(13-15-28)14-16-29/h5-12,22,28-29H,4,13-18H2,1-3H3,(H-,25,30,33)/p+1. The van der Waals surface area contributed by atoms with Crippen molar-refractivity contribution in [3.8, 4) is 0 Å². The molecule has 9 heteroatoms. The van der Waals surface area contributed by atoms with Gasteiger partial charge in [-0.15, -0.1) is 0 Å². The van der Waals surface area contributed by atoms with Crippen LogP contribution in [0.4, 0.5) is 0 Å². The molecule has 0 fully saturated rings. The third-order valence-electron chi connectivity index (χ3n) is 4.70. The van der Waals surface area contributed by atoms with E-state index in [0.29, 0.717) is 13.1 Å². The molecule has 1 aromatic rings. The third kappa shape index (κ3) is 11.2. The van der Waals surface area contributed by atoms with Crippen molar-refractivity contribution >= 4 is 30.6 Å². The molecule has 0 radical (unpaired) electrons. The van der Waals surface area contributed by atoms with E-state index in [-0.39, 0.29) is 38.0 Å². The molecule has 1 atom stereocenters. The van der Waals surface area contributed by atoms with Gasteiger partial charge in [0.25, 0.3) is 5.91 Å². The van der Waals surface area contributed by atoms with Crippen LogP contribution in [0.5, 0.6) is 0 Å². The minimum absolute atomic E-state index is 0.0324. The van der Waals surface area contributed by atoms with Crippen molar-refractivity contribution < 1.29 is 29.1 Å². The lowest BCUT2D eigenvalue weighted by Gasteiger charge is -2.23. The largest absolute Gasteiger partial charge is 0.464 e. The van der Waals surface area contributed by atoms with E-state index in [1.165, 1.54) is 0 Å². The molecule has 3 N–H and O–H groups in total. The Kier molecular flexibility index (Phi) is 13.8. The SMILES string of the molecule is CCOC(=O)C(CS)NC(=O)C[n+]1ccc(/C=C/C(C)=C/C=C(\C)N(CCO)CCO)cc1. The lowest BCUT2D eigenvalue weighted by atomic mass is 10.2. The Labute approximate surface area is 201 Å². The van der Waals surface area contributed by atoms with E-state index >= 15 is 0 Å². The number of aliphatic hydroxyl groups is 2. The molecule has 1 unspecified atom stereocenters. The van der Waals surface area contributed by atoms with E-state index in [4.69, 9.17) is 14.9 Å². The Morgan fingerprint density at radius 3 is 2.36 bits per heavy atom. The Bertz CT molecular complexity index is 831. The molecule has 0 saturated carbocycles. The molecule has 8 nitrogen and oxygen atoms in total. The topological polar surface area (TPSA) is 103 Å². The number of rotatable bonds is 14. The van der Waals surface area contributed by atoms with E-state index in [1.807, 2.05) is 55.2 Å². The minimum Gasteiger partial charge on any atom is -0.464 e. The fourth-order valence-corrected chi connectivity index (χ4v) is 3.10. The van der Waals surface area contributed by atoms with E-state index in [0.717, 1.165) is 16.8 Å². The summed E-state index contributed by atoms with van der Waals surface area (Å²) in [5.41, 5.74) is 2.98. The molecule has 182 valence electrons. The molecule has 1 amide bonds. The van der Waals surface area contributed by atoms with Gasteiger partial charge in [-0.25, -0.2) is 4.79 Å². The van der Waals surface area contributed by atoms with Crippen LogP contribution in [0.2, 0.25) is 0 Å². The van der Waals surface area contributed by atoms with Gasteiger partial charge in [-0.05, 0) is 32.4 Å². The second-order valence-electron chi connectivity index (χ2n) is 7.34. The van der Waals surface area contributed by atoms with E-state index < -0.39 is 12.0 Å². The first-order valence-electron chi connectivity index (χ1n) is 10.9. The van der Waals surface area contributed by atoms with Gasteiger partial charge in [-0.2, -0.15) is 17.2 Å². The van der Waals surface area contributed by atoms with Crippen LogP contribution < -0.4 is 9.88 Å². The second-order valence-corrected chi connectivity index (χ2v) is 7.71. The van der Waals surface area contributed by atoms with Crippen LogP contribution in [-0.2, 0) is 20.9 Å². The van der Waals surface area contributed by atoms with Gasteiger partial charge in [0.1, 0.15) is 6.04 Å². The van der Waals surface area contributed by atoms with Gasteiger partial charge in [0.2, 0.25) is 6.54 Å². The van der Waals surface area contributed by atoms with Gasteiger partial charge in [0.15, 0.2) is 12.4 Å². The number of aromatic nitrogens is 1. The molecule has 0 saturated heterocycles. The van der Waals surface area contributed by atoms with Crippen LogP contribution in [0.1, 0.15) is 26.3 Å². The van der Waals surface area contributed by atoms with Gasteiger partial charge in [0, 0.05) is 36.7 Å². The first-order chi connectivity index (χ1) is 15.8. The van der Waals surface area contributed by atoms with Crippen LogP contribution in [-0.4, -0.2) is 71.7 Å². The number of carbonyl (C=O) groups excluding carboxylic acids is 2. The average Bonchev–Trinajstić information content (AvgIpc) is 2.80.